The second-order valence-electron chi connectivity index (χ2n) is 4.42. The van der Waals surface area contributed by atoms with Gasteiger partial charge >= 0.3 is 5.97 Å². The van der Waals surface area contributed by atoms with Crippen molar-refractivity contribution in [1.29, 1.82) is 0 Å². The molecule has 0 radical (unpaired) electrons. The molecule has 17 heavy (non-hydrogen) atoms. The van der Waals surface area contributed by atoms with Gasteiger partial charge in [0.2, 0.25) is 0 Å². The van der Waals surface area contributed by atoms with Crippen molar-refractivity contribution < 1.29 is 9.90 Å². The van der Waals surface area contributed by atoms with Gasteiger partial charge in [-0.3, -0.25) is 9.88 Å². The van der Waals surface area contributed by atoms with Gasteiger partial charge in [-0.25, -0.2) is 4.79 Å². The van der Waals surface area contributed by atoms with Crippen LogP contribution in [0.4, 0.5) is 0 Å². The minimum Gasteiger partial charge on any atom is -0.478 e. The number of pyridine rings is 1. The zero-order valence-electron chi connectivity index (χ0n) is 9.96. The number of hydrogen-bond donors (Lipinski definition) is 1. The summed E-state index contributed by atoms with van der Waals surface area (Å²) in [5, 5.41) is 9.07. The van der Waals surface area contributed by atoms with E-state index in [1.54, 1.807) is 12.3 Å². The molecule has 2 rings (SSSR count). The number of rotatable bonds is 3. The van der Waals surface area contributed by atoms with Gasteiger partial charge in [-0.15, -0.1) is 0 Å². The number of nitrogens with zero attached hydrogens (tertiary/aromatic N) is 3. The van der Waals surface area contributed by atoms with Gasteiger partial charge in [0.25, 0.3) is 0 Å². The van der Waals surface area contributed by atoms with Crippen LogP contribution in [0.5, 0.6) is 0 Å². The molecular formula is C12H17N3O2. The summed E-state index contributed by atoms with van der Waals surface area (Å²) in [4.78, 5) is 19.5. The highest BCUT2D eigenvalue weighted by Crippen LogP contribution is 2.12. The maximum Gasteiger partial charge on any atom is 0.337 e. The van der Waals surface area contributed by atoms with Gasteiger partial charge in [-0.2, -0.15) is 0 Å². The average molecular weight is 235 g/mol. The van der Waals surface area contributed by atoms with E-state index < -0.39 is 5.97 Å². The number of likely N-dealkylation sites (N-methyl/N-ethyl adjacent to an activating group) is 1. The Morgan fingerprint density at radius 1 is 1.41 bits per heavy atom. The monoisotopic (exact) mass is 235 g/mol. The van der Waals surface area contributed by atoms with Crippen molar-refractivity contribution in [3.8, 4) is 0 Å². The van der Waals surface area contributed by atoms with E-state index in [-0.39, 0.29) is 0 Å². The van der Waals surface area contributed by atoms with Crippen molar-refractivity contribution in [3.05, 3.63) is 29.6 Å². The molecule has 1 aromatic heterocycles. The Kier molecular flexibility index (Phi) is 3.71. The molecule has 0 unspecified atom stereocenters. The Morgan fingerprint density at radius 3 is 2.76 bits per heavy atom. The molecular weight excluding hydrogens is 218 g/mol. The van der Waals surface area contributed by atoms with Crippen LogP contribution in [0.1, 0.15) is 15.9 Å². The van der Waals surface area contributed by atoms with E-state index >= 15 is 0 Å². The van der Waals surface area contributed by atoms with E-state index in [1.165, 1.54) is 6.20 Å². The Bertz CT molecular complexity index is 400. The summed E-state index contributed by atoms with van der Waals surface area (Å²) in [6.45, 7) is 4.73. The van der Waals surface area contributed by atoms with Crippen molar-refractivity contribution in [2.75, 3.05) is 33.2 Å². The van der Waals surface area contributed by atoms with Crippen LogP contribution in [-0.2, 0) is 6.54 Å². The molecule has 92 valence electrons. The first-order chi connectivity index (χ1) is 8.16. The third kappa shape index (κ3) is 3.01. The molecule has 0 aliphatic carbocycles. The van der Waals surface area contributed by atoms with Crippen LogP contribution in [0.15, 0.2) is 18.5 Å². The summed E-state index contributed by atoms with van der Waals surface area (Å²) < 4.78 is 0. The maximum absolute atomic E-state index is 11.0. The average Bonchev–Trinajstić information content (AvgIpc) is 2.32. The molecule has 0 amide bonds. The molecule has 1 aliphatic rings. The molecule has 5 heteroatoms. The molecule has 0 atom stereocenters. The van der Waals surface area contributed by atoms with Gasteiger partial charge < -0.3 is 10.0 Å². The number of aromatic nitrogens is 1. The van der Waals surface area contributed by atoms with Crippen LogP contribution in [0.25, 0.3) is 0 Å². The van der Waals surface area contributed by atoms with Crippen LogP contribution in [0.3, 0.4) is 0 Å². The number of aromatic carboxylic acids is 1. The lowest BCUT2D eigenvalue weighted by molar-refractivity contribution is 0.0692. The van der Waals surface area contributed by atoms with Crippen LogP contribution in [0, 0.1) is 0 Å². The van der Waals surface area contributed by atoms with E-state index in [9.17, 15) is 4.79 Å². The number of carboxylic acids is 1. The smallest absolute Gasteiger partial charge is 0.337 e. The highest BCUT2D eigenvalue weighted by Gasteiger charge is 2.17. The number of carbonyl (C=O) groups is 1. The Balaban J connectivity index is 2.05. The zero-order chi connectivity index (χ0) is 12.3. The molecule has 1 N–H and O–H groups in total. The van der Waals surface area contributed by atoms with E-state index in [0.717, 1.165) is 31.7 Å². The SMILES string of the molecule is CN1CCN(Cc2ccncc2C(=O)O)CC1. The second kappa shape index (κ2) is 5.25. The first kappa shape index (κ1) is 12.0. The summed E-state index contributed by atoms with van der Waals surface area (Å²) in [5.74, 6) is -0.901. The number of hydrogen-bond acceptors (Lipinski definition) is 4. The minimum absolute atomic E-state index is 0.312. The van der Waals surface area contributed by atoms with Gasteiger partial charge in [0.1, 0.15) is 0 Å². The fourth-order valence-electron chi connectivity index (χ4n) is 2.00. The van der Waals surface area contributed by atoms with E-state index in [1.807, 2.05) is 0 Å². The molecule has 2 heterocycles. The van der Waals surface area contributed by atoms with Crippen LogP contribution in [-0.4, -0.2) is 59.1 Å². The quantitative estimate of drug-likeness (QED) is 0.828. The lowest BCUT2D eigenvalue weighted by atomic mass is 10.1. The van der Waals surface area contributed by atoms with Crippen LogP contribution in [0.2, 0.25) is 0 Å². The molecule has 0 saturated carbocycles. The Hall–Kier alpha value is -1.46. The lowest BCUT2D eigenvalue weighted by Gasteiger charge is -2.32. The van der Waals surface area contributed by atoms with Crippen molar-refractivity contribution in [2.45, 2.75) is 6.54 Å². The fraction of sp³-hybridized carbons (Fsp3) is 0.500. The van der Waals surface area contributed by atoms with Crippen LogP contribution >= 0.6 is 0 Å². The number of piperazine rings is 1. The summed E-state index contributed by atoms with van der Waals surface area (Å²) in [5.41, 5.74) is 1.16. The van der Waals surface area contributed by atoms with Gasteiger partial charge in [0, 0.05) is 45.1 Å². The van der Waals surface area contributed by atoms with E-state index in [2.05, 4.69) is 21.8 Å². The maximum atomic E-state index is 11.0. The largest absolute Gasteiger partial charge is 0.478 e. The lowest BCUT2D eigenvalue weighted by Crippen LogP contribution is -2.44. The summed E-state index contributed by atoms with van der Waals surface area (Å²) in [6, 6.07) is 1.79. The summed E-state index contributed by atoms with van der Waals surface area (Å²) in [6.07, 6.45) is 3.07. The Labute approximate surface area is 101 Å². The fourth-order valence-corrected chi connectivity index (χ4v) is 2.00. The van der Waals surface area contributed by atoms with Gasteiger partial charge in [0.05, 0.1) is 5.56 Å². The van der Waals surface area contributed by atoms with E-state index in [4.69, 9.17) is 5.11 Å². The van der Waals surface area contributed by atoms with Crippen molar-refractivity contribution in [1.82, 2.24) is 14.8 Å². The van der Waals surface area contributed by atoms with Crippen molar-refractivity contribution in [3.63, 3.8) is 0 Å². The Morgan fingerprint density at radius 2 is 2.12 bits per heavy atom. The van der Waals surface area contributed by atoms with Gasteiger partial charge in [-0.05, 0) is 18.7 Å². The second-order valence-corrected chi connectivity index (χ2v) is 4.42. The highest BCUT2D eigenvalue weighted by molar-refractivity contribution is 5.88. The van der Waals surface area contributed by atoms with Crippen molar-refractivity contribution >= 4 is 5.97 Å². The zero-order valence-corrected chi connectivity index (χ0v) is 9.96. The standard InChI is InChI=1S/C12H17N3O2/c1-14-4-6-15(7-5-14)9-10-2-3-13-8-11(10)12(16)17/h2-3,8H,4-7,9H2,1H3,(H,16,17). The molecule has 0 bridgehead atoms. The van der Waals surface area contributed by atoms with Crippen molar-refractivity contribution in [2.24, 2.45) is 0 Å². The first-order valence-corrected chi connectivity index (χ1v) is 5.74. The minimum atomic E-state index is -0.901. The first-order valence-electron chi connectivity index (χ1n) is 5.74. The molecule has 1 aromatic rings. The third-order valence-corrected chi connectivity index (χ3v) is 3.13. The molecule has 0 aromatic carbocycles. The molecule has 1 saturated heterocycles. The van der Waals surface area contributed by atoms with Gasteiger partial charge in [-0.1, -0.05) is 0 Å². The molecule has 1 aliphatic heterocycles. The number of carboxylic acid groups (broad SMARTS) is 1. The topological polar surface area (TPSA) is 56.7 Å². The highest BCUT2D eigenvalue weighted by atomic mass is 16.4. The summed E-state index contributed by atoms with van der Waals surface area (Å²) in [7, 11) is 2.10. The molecule has 0 spiro atoms. The van der Waals surface area contributed by atoms with E-state index in [0.29, 0.717) is 12.1 Å². The predicted molar refractivity (Wildman–Crippen MR) is 64.0 cm³/mol. The summed E-state index contributed by atoms with van der Waals surface area (Å²) >= 11 is 0. The van der Waals surface area contributed by atoms with Gasteiger partial charge in [0.15, 0.2) is 0 Å². The predicted octanol–water partition coefficient (Wildman–Crippen LogP) is 0.527. The normalized spacial score (nSPS) is 18.2. The van der Waals surface area contributed by atoms with Crippen LogP contribution < -0.4 is 0 Å². The molecule has 1 fully saturated rings. The third-order valence-electron chi connectivity index (χ3n) is 3.13. The molecule has 5 nitrogen and oxygen atoms in total.